The van der Waals surface area contributed by atoms with Gasteiger partial charge in [-0.1, -0.05) is 43.3 Å². The molecule has 0 bridgehead atoms. The lowest BCUT2D eigenvalue weighted by Crippen LogP contribution is -2.30. The standard InChI is InChI=1S/C27H28N6O/c1-18(21-11-12-22-28-13-16-32(22)17-21)23-19(2)29-26-25(31-14-7-4-8-15-31)24(30-33(26)27(23)34)20-9-5-3-6-10-20/h3,5-6,9-13,16-18,29H,4,7-8,14-15H2,1-2H3. The maximum atomic E-state index is 13.9. The van der Waals surface area contributed by atoms with E-state index >= 15 is 0 Å². The van der Waals surface area contributed by atoms with Gasteiger partial charge in [-0.15, -0.1) is 0 Å². The molecule has 34 heavy (non-hydrogen) atoms. The molecule has 1 unspecified atom stereocenters. The molecule has 172 valence electrons. The average molecular weight is 453 g/mol. The first-order valence-corrected chi connectivity index (χ1v) is 12.0. The van der Waals surface area contributed by atoms with Gasteiger partial charge in [0.15, 0.2) is 5.65 Å². The van der Waals surface area contributed by atoms with Crippen LogP contribution in [0.1, 0.15) is 48.9 Å². The zero-order valence-electron chi connectivity index (χ0n) is 19.5. The van der Waals surface area contributed by atoms with Gasteiger partial charge >= 0.3 is 0 Å². The van der Waals surface area contributed by atoms with Crippen molar-refractivity contribution in [1.29, 1.82) is 0 Å². The zero-order valence-corrected chi connectivity index (χ0v) is 19.5. The number of nitrogens with zero attached hydrogens (tertiary/aromatic N) is 5. The summed E-state index contributed by atoms with van der Waals surface area (Å²) in [7, 11) is 0. The van der Waals surface area contributed by atoms with Crippen LogP contribution in [-0.4, -0.2) is 37.1 Å². The molecule has 1 aliphatic rings. The third-order valence-corrected chi connectivity index (χ3v) is 7.06. The van der Waals surface area contributed by atoms with Crippen molar-refractivity contribution < 1.29 is 0 Å². The number of aromatic nitrogens is 5. The predicted octanol–water partition coefficient (Wildman–Crippen LogP) is 4.79. The van der Waals surface area contributed by atoms with Gasteiger partial charge in [-0.3, -0.25) is 4.79 Å². The largest absolute Gasteiger partial charge is 0.367 e. The minimum absolute atomic E-state index is 0.0649. The number of hydrogen-bond donors (Lipinski definition) is 1. The number of imidazole rings is 1. The topological polar surface area (TPSA) is 70.7 Å². The highest BCUT2D eigenvalue weighted by Gasteiger charge is 2.26. The third-order valence-electron chi connectivity index (χ3n) is 7.06. The van der Waals surface area contributed by atoms with Crippen LogP contribution in [0.5, 0.6) is 0 Å². The minimum Gasteiger partial charge on any atom is -0.367 e. The fraction of sp³-hybridized carbons (Fsp3) is 0.296. The quantitative estimate of drug-likeness (QED) is 0.426. The molecule has 7 nitrogen and oxygen atoms in total. The lowest BCUT2D eigenvalue weighted by molar-refractivity contribution is 0.579. The molecule has 1 fully saturated rings. The highest BCUT2D eigenvalue weighted by Crippen LogP contribution is 2.35. The summed E-state index contributed by atoms with van der Waals surface area (Å²) in [6, 6.07) is 14.2. The Hall–Kier alpha value is -3.87. The normalized spacial score (nSPS) is 15.3. The summed E-state index contributed by atoms with van der Waals surface area (Å²) in [6.07, 6.45) is 9.31. The van der Waals surface area contributed by atoms with Crippen LogP contribution >= 0.6 is 0 Å². The average Bonchev–Trinajstić information content (AvgIpc) is 3.49. The smallest absolute Gasteiger partial charge is 0.278 e. The van der Waals surface area contributed by atoms with Gasteiger partial charge in [0.1, 0.15) is 17.0 Å². The molecule has 0 amide bonds. The maximum Gasteiger partial charge on any atom is 0.278 e. The molecule has 1 N–H and O–H groups in total. The van der Waals surface area contributed by atoms with E-state index in [0.29, 0.717) is 0 Å². The Bertz CT molecular complexity index is 1540. The summed E-state index contributed by atoms with van der Waals surface area (Å²) in [5.41, 5.74) is 7.21. The van der Waals surface area contributed by atoms with Gasteiger partial charge in [-0.25, -0.2) is 4.98 Å². The fourth-order valence-electron chi connectivity index (χ4n) is 5.27. The van der Waals surface area contributed by atoms with E-state index in [1.165, 1.54) is 6.42 Å². The number of aromatic amines is 1. The molecule has 6 rings (SSSR count). The van der Waals surface area contributed by atoms with Crippen LogP contribution in [0.25, 0.3) is 22.6 Å². The van der Waals surface area contributed by atoms with E-state index < -0.39 is 0 Å². The molecule has 7 heteroatoms. The number of hydrogen-bond acceptors (Lipinski definition) is 4. The van der Waals surface area contributed by atoms with E-state index in [9.17, 15) is 4.79 Å². The lowest BCUT2D eigenvalue weighted by atomic mass is 9.94. The third kappa shape index (κ3) is 3.31. The van der Waals surface area contributed by atoms with Gasteiger partial charge in [0.05, 0.1) is 0 Å². The number of fused-ring (bicyclic) bond motifs is 2. The van der Waals surface area contributed by atoms with E-state index in [-0.39, 0.29) is 11.5 Å². The molecule has 5 heterocycles. The lowest BCUT2D eigenvalue weighted by Gasteiger charge is -2.28. The molecule has 0 radical (unpaired) electrons. The number of H-pyrrole nitrogens is 1. The Morgan fingerprint density at radius 2 is 1.82 bits per heavy atom. The van der Waals surface area contributed by atoms with Gasteiger partial charge in [-0.2, -0.15) is 9.61 Å². The van der Waals surface area contributed by atoms with Crippen LogP contribution in [-0.2, 0) is 0 Å². The molecule has 0 aliphatic carbocycles. The second-order valence-corrected chi connectivity index (χ2v) is 9.22. The summed E-state index contributed by atoms with van der Waals surface area (Å²) < 4.78 is 3.57. The van der Waals surface area contributed by atoms with Crippen LogP contribution in [0, 0.1) is 6.92 Å². The van der Waals surface area contributed by atoms with Crippen LogP contribution in [0.3, 0.4) is 0 Å². The van der Waals surface area contributed by atoms with Crippen molar-refractivity contribution in [3.05, 3.63) is 88.2 Å². The Morgan fingerprint density at radius 3 is 2.62 bits per heavy atom. The fourth-order valence-corrected chi connectivity index (χ4v) is 5.27. The van der Waals surface area contributed by atoms with E-state index in [0.717, 1.165) is 71.0 Å². The van der Waals surface area contributed by atoms with Crippen molar-refractivity contribution >= 4 is 17.0 Å². The first-order valence-electron chi connectivity index (χ1n) is 12.0. The van der Waals surface area contributed by atoms with Gasteiger partial charge < -0.3 is 14.3 Å². The number of benzene rings is 1. The highest BCUT2D eigenvalue weighted by atomic mass is 16.1. The zero-order chi connectivity index (χ0) is 23.2. The molecule has 4 aromatic heterocycles. The monoisotopic (exact) mass is 452 g/mol. The van der Waals surface area contributed by atoms with Crippen molar-refractivity contribution in [2.75, 3.05) is 18.0 Å². The Morgan fingerprint density at radius 1 is 1.03 bits per heavy atom. The number of anilines is 1. The molecular formula is C27H28N6O. The van der Waals surface area contributed by atoms with E-state index in [4.69, 9.17) is 5.10 Å². The molecule has 1 saturated heterocycles. The number of pyridine rings is 1. The second kappa shape index (κ2) is 8.17. The summed E-state index contributed by atoms with van der Waals surface area (Å²) in [5.74, 6) is -0.0947. The van der Waals surface area contributed by atoms with Crippen molar-refractivity contribution in [2.24, 2.45) is 0 Å². The first-order chi connectivity index (χ1) is 16.6. The Balaban J connectivity index is 1.55. The first kappa shape index (κ1) is 20.7. The predicted molar refractivity (Wildman–Crippen MR) is 135 cm³/mol. The van der Waals surface area contributed by atoms with Crippen molar-refractivity contribution in [3.63, 3.8) is 0 Å². The molecular weight excluding hydrogens is 424 g/mol. The number of rotatable bonds is 4. The van der Waals surface area contributed by atoms with Crippen LogP contribution < -0.4 is 10.5 Å². The van der Waals surface area contributed by atoms with Gasteiger partial charge in [0, 0.05) is 54.4 Å². The maximum absolute atomic E-state index is 13.9. The van der Waals surface area contributed by atoms with E-state index in [2.05, 4.69) is 33.9 Å². The molecule has 1 atom stereocenters. The molecule has 5 aromatic rings. The summed E-state index contributed by atoms with van der Waals surface area (Å²) in [6.45, 7) is 6.03. The van der Waals surface area contributed by atoms with Gasteiger partial charge in [0.2, 0.25) is 0 Å². The van der Waals surface area contributed by atoms with Crippen LogP contribution in [0.4, 0.5) is 5.69 Å². The number of nitrogens with one attached hydrogen (secondary N) is 1. The van der Waals surface area contributed by atoms with Crippen LogP contribution in [0.15, 0.2) is 65.8 Å². The van der Waals surface area contributed by atoms with Crippen LogP contribution in [0.2, 0.25) is 0 Å². The van der Waals surface area contributed by atoms with Gasteiger partial charge in [0.25, 0.3) is 5.56 Å². The van der Waals surface area contributed by atoms with E-state index in [1.54, 1.807) is 10.7 Å². The van der Waals surface area contributed by atoms with Crippen molar-refractivity contribution in [1.82, 2.24) is 24.0 Å². The minimum atomic E-state index is -0.0947. The van der Waals surface area contributed by atoms with E-state index in [1.807, 2.05) is 54.0 Å². The van der Waals surface area contributed by atoms with Crippen molar-refractivity contribution in [3.8, 4) is 11.3 Å². The molecule has 1 aromatic carbocycles. The molecule has 0 spiro atoms. The Labute approximate surface area is 197 Å². The summed E-state index contributed by atoms with van der Waals surface area (Å²) in [4.78, 5) is 24.2. The number of aryl methyl sites for hydroxylation is 1. The molecule has 1 aliphatic heterocycles. The summed E-state index contributed by atoms with van der Waals surface area (Å²) >= 11 is 0. The van der Waals surface area contributed by atoms with Gasteiger partial charge in [-0.05, 0) is 37.8 Å². The van der Waals surface area contributed by atoms with Crippen molar-refractivity contribution in [2.45, 2.75) is 39.0 Å². The number of piperidine rings is 1. The SMILES string of the molecule is Cc1[nH]c2c(N3CCCCC3)c(-c3ccccc3)nn2c(=O)c1C(C)c1ccc2nccn2c1. The Kier molecular flexibility index (Phi) is 4.98. The molecule has 0 saturated carbocycles. The summed E-state index contributed by atoms with van der Waals surface area (Å²) in [5, 5.41) is 4.89. The highest BCUT2D eigenvalue weighted by molar-refractivity contribution is 5.86. The second-order valence-electron chi connectivity index (χ2n) is 9.22.